The molecule has 0 radical (unpaired) electrons. The van der Waals surface area contributed by atoms with Gasteiger partial charge in [-0.25, -0.2) is 4.79 Å². The first-order chi connectivity index (χ1) is 15.3. The summed E-state index contributed by atoms with van der Waals surface area (Å²) in [7, 11) is 0. The van der Waals surface area contributed by atoms with Crippen molar-refractivity contribution in [2.75, 3.05) is 13.2 Å². The fraction of sp³-hybridized carbons (Fsp3) is 0.593. The maximum Gasteiger partial charge on any atom is 0.336 e. The molecule has 0 aromatic heterocycles. The zero-order valence-corrected chi connectivity index (χ0v) is 20.0. The van der Waals surface area contributed by atoms with Crippen LogP contribution < -0.4 is 10.1 Å². The van der Waals surface area contributed by atoms with Gasteiger partial charge in [-0.15, -0.1) is 0 Å². The van der Waals surface area contributed by atoms with Crippen molar-refractivity contribution in [3.63, 3.8) is 0 Å². The average molecular weight is 442 g/mol. The van der Waals surface area contributed by atoms with Gasteiger partial charge in [0.15, 0.2) is 6.10 Å². The molecule has 5 nitrogen and oxygen atoms in total. The molecular formula is C27H39NO4. The molecule has 1 fully saturated rings. The Morgan fingerprint density at radius 3 is 2.47 bits per heavy atom. The highest BCUT2D eigenvalue weighted by atomic mass is 16.5. The van der Waals surface area contributed by atoms with Crippen LogP contribution >= 0.6 is 0 Å². The molecule has 3 rings (SSSR count). The zero-order valence-electron chi connectivity index (χ0n) is 20.0. The van der Waals surface area contributed by atoms with Crippen LogP contribution in [-0.2, 0) is 16.1 Å². The fourth-order valence-corrected chi connectivity index (χ4v) is 4.43. The first-order valence-electron chi connectivity index (χ1n) is 12.0. The Balaban J connectivity index is 1.50. The Bertz CT molecular complexity index is 881. The summed E-state index contributed by atoms with van der Waals surface area (Å²) in [4.78, 5) is 11.6. The molecule has 0 amide bonds. The molecule has 1 atom stereocenters. The van der Waals surface area contributed by atoms with E-state index in [0.717, 1.165) is 47.3 Å². The van der Waals surface area contributed by atoms with Gasteiger partial charge < -0.3 is 19.9 Å². The maximum absolute atomic E-state index is 11.6. The van der Waals surface area contributed by atoms with Crippen LogP contribution in [0.4, 0.5) is 0 Å². The van der Waals surface area contributed by atoms with Crippen molar-refractivity contribution in [1.82, 2.24) is 5.32 Å². The van der Waals surface area contributed by atoms with Crippen LogP contribution in [0.3, 0.4) is 0 Å². The third-order valence-electron chi connectivity index (χ3n) is 6.47. The number of carbonyl (C=O) groups is 1. The minimum absolute atomic E-state index is 0.171. The number of nitrogens with one attached hydrogen (secondary N) is 1. The van der Waals surface area contributed by atoms with E-state index in [2.05, 4.69) is 62.5 Å². The molecule has 0 aliphatic heterocycles. The second-order valence-electron chi connectivity index (χ2n) is 10.1. The Labute approximate surface area is 192 Å². The molecule has 2 N–H and O–H groups in total. The predicted molar refractivity (Wildman–Crippen MR) is 129 cm³/mol. The Kier molecular flexibility index (Phi) is 8.55. The van der Waals surface area contributed by atoms with E-state index in [0.29, 0.717) is 24.7 Å². The van der Waals surface area contributed by atoms with Gasteiger partial charge >= 0.3 is 5.97 Å². The van der Waals surface area contributed by atoms with Gasteiger partial charge in [0, 0.05) is 13.1 Å². The number of rotatable bonds is 9. The number of benzene rings is 2. The number of hydrogen-bond donors (Lipinski definition) is 2. The van der Waals surface area contributed by atoms with E-state index in [9.17, 15) is 9.90 Å². The van der Waals surface area contributed by atoms with E-state index in [1.165, 1.54) is 12.8 Å². The maximum atomic E-state index is 11.6. The summed E-state index contributed by atoms with van der Waals surface area (Å²) in [5, 5.41) is 15.3. The molecule has 2 aromatic rings. The van der Waals surface area contributed by atoms with Gasteiger partial charge in [0.2, 0.25) is 0 Å². The molecule has 1 saturated carbocycles. The van der Waals surface area contributed by atoms with E-state index in [-0.39, 0.29) is 6.54 Å². The van der Waals surface area contributed by atoms with Crippen molar-refractivity contribution >= 4 is 16.7 Å². The van der Waals surface area contributed by atoms with Gasteiger partial charge in [0.25, 0.3) is 0 Å². The molecule has 0 saturated heterocycles. The number of ether oxygens (including phenoxy) is 2. The standard InChI is InChI=1S/C27H39NO4/c1-5-14-31-26(30)25(29)18-28-17-19-6-7-21-16-24(11-8-20(21)15-19)32-23-12-9-22(10-13-23)27(2,3)4/h6-8,11,15-16,22-23,25,28-29H,5,9-10,12-14,17-18H2,1-4H3. The quantitative estimate of drug-likeness (QED) is 0.522. The third-order valence-corrected chi connectivity index (χ3v) is 6.47. The minimum Gasteiger partial charge on any atom is -0.490 e. The van der Waals surface area contributed by atoms with Gasteiger partial charge in [-0.05, 0) is 78.0 Å². The minimum atomic E-state index is -1.14. The van der Waals surface area contributed by atoms with Crippen molar-refractivity contribution in [2.45, 2.75) is 78.6 Å². The predicted octanol–water partition coefficient (Wildman–Crippen LogP) is 5.23. The van der Waals surface area contributed by atoms with Gasteiger partial charge in [-0.1, -0.05) is 45.9 Å². The van der Waals surface area contributed by atoms with Gasteiger partial charge in [0.1, 0.15) is 5.75 Å². The fourth-order valence-electron chi connectivity index (χ4n) is 4.43. The van der Waals surface area contributed by atoms with Gasteiger partial charge in [-0.2, -0.15) is 0 Å². The van der Waals surface area contributed by atoms with Crippen LogP contribution in [0, 0.1) is 11.3 Å². The summed E-state index contributed by atoms with van der Waals surface area (Å²) in [5.74, 6) is 1.16. The first kappa shape index (κ1) is 24.5. The lowest BCUT2D eigenvalue weighted by Gasteiger charge is -2.37. The monoisotopic (exact) mass is 441 g/mol. The molecule has 2 aromatic carbocycles. The number of fused-ring (bicyclic) bond motifs is 1. The summed E-state index contributed by atoms with van der Waals surface area (Å²) in [6.07, 6.45) is 4.65. The Morgan fingerprint density at radius 1 is 1.09 bits per heavy atom. The number of aliphatic hydroxyl groups is 1. The normalized spacial score (nSPS) is 20.2. The van der Waals surface area contributed by atoms with Crippen LogP contribution in [0.15, 0.2) is 36.4 Å². The summed E-state index contributed by atoms with van der Waals surface area (Å²) in [5.41, 5.74) is 1.48. The van der Waals surface area contributed by atoms with Crippen molar-refractivity contribution in [3.05, 3.63) is 42.0 Å². The molecule has 5 heteroatoms. The number of hydrogen-bond acceptors (Lipinski definition) is 5. The summed E-state index contributed by atoms with van der Waals surface area (Å²) >= 11 is 0. The lowest BCUT2D eigenvalue weighted by molar-refractivity contribution is -0.153. The largest absolute Gasteiger partial charge is 0.490 e. The second-order valence-corrected chi connectivity index (χ2v) is 10.1. The molecule has 1 unspecified atom stereocenters. The van der Waals surface area contributed by atoms with E-state index >= 15 is 0 Å². The van der Waals surface area contributed by atoms with Gasteiger partial charge in [0.05, 0.1) is 12.7 Å². The SMILES string of the molecule is CCCOC(=O)C(O)CNCc1ccc2cc(OC3CCC(C(C)(C)C)CC3)ccc2c1. The highest BCUT2D eigenvalue weighted by molar-refractivity contribution is 5.84. The highest BCUT2D eigenvalue weighted by Gasteiger charge is 2.30. The van der Waals surface area contributed by atoms with Crippen LogP contribution in [0.2, 0.25) is 0 Å². The highest BCUT2D eigenvalue weighted by Crippen LogP contribution is 2.39. The van der Waals surface area contributed by atoms with E-state index in [4.69, 9.17) is 9.47 Å². The number of carbonyl (C=O) groups excluding carboxylic acids is 1. The number of esters is 1. The number of aliphatic hydroxyl groups excluding tert-OH is 1. The van der Waals surface area contributed by atoms with Crippen molar-refractivity contribution in [2.24, 2.45) is 11.3 Å². The summed E-state index contributed by atoms with van der Waals surface area (Å²) in [6, 6.07) is 12.6. The Hall–Kier alpha value is -2.11. The molecule has 176 valence electrons. The van der Waals surface area contributed by atoms with E-state index in [1.807, 2.05) is 6.92 Å². The van der Waals surface area contributed by atoms with Crippen LogP contribution in [0.25, 0.3) is 10.8 Å². The van der Waals surface area contributed by atoms with Gasteiger partial charge in [-0.3, -0.25) is 0 Å². The van der Waals surface area contributed by atoms with Crippen LogP contribution in [-0.4, -0.2) is 36.4 Å². The molecule has 0 spiro atoms. The molecule has 1 aliphatic rings. The summed E-state index contributed by atoms with van der Waals surface area (Å²) in [6.45, 7) is 10.0. The molecule has 32 heavy (non-hydrogen) atoms. The second kappa shape index (κ2) is 11.2. The smallest absolute Gasteiger partial charge is 0.336 e. The lowest BCUT2D eigenvalue weighted by Crippen LogP contribution is -2.34. The van der Waals surface area contributed by atoms with Crippen molar-refractivity contribution in [1.29, 1.82) is 0 Å². The lowest BCUT2D eigenvalue weighted by atomic mass is 9.72. The molecule has 0 bridgehead atoms. The van der Waals surface area contributed by atoms with Crippen LogP contribution in [0.5, 0.6) is 5.75 Å². The average Bonchev–Trinajstić information content (AvgIpc) is 2.77. The van der Waals surface area contributed by atoms with E-state index < -0.39 is 12.1 Å². The first-order valence-corrected chi connectivity index (χ1v) is 12.0. The van der Waals surface area contributed by atoms with Crippen molar-refractivity contribution < 1.29 is 19.4 Å². The van der Waals surface area contributed by atoms with E-state index in [1.54, 1.807) is 0 Å². The van der Waals surface area contributed by atoms with Crippen LogP contribution in [0.1, 0.15) is 65.4 Å². The zero-order chi connectivity index (χ0) is 23.1. The molecule has 1 aliphatic carbocycles. The summed E-state index contributed by atoms with van der Waals surface area (Å²) < 4.78 is 11.3. The third kappa shape index (κ3) is 6.94. The Morgan fingerprint density at radius 2 is 1.78 bits per heavy atom. The topological polar surface area (TPSA) is 67.8 Å². The molecule has 0 heterocycles. The molecular weight excluding hydrogens is 402 g/mol. The van der Waals surface area contributed by atoms with Crippen molar-refractivity contribution in [3.8, 4) is 5.75 Å².